The predicted octanol–water partition coefficient (Wildman–Crippen LogP) is 3.54. The van der Waals surface area contributed by atoms with Gasteiger partial charge in [0.1, 0.15) is 4.60 Å². The number of aryl methyl sites for hydroxylation is 1. The number of hydrogen-bond acceptors (Lipinski definition) is 3. The molecule has 0 spiro atoms. The van der Waals surface area contributed by atoms with Gasteiger partial charge in [-0.2, -0.15) is 0 Å². The van der Waals surface area contributed by atoms with E-state index >= 15 is 0 Å². The summed E-state index contributed by atoms with van der Waals surface area (Å²) < 4.78 is 3.05. The molecule has 0 unspecified atom stereocenters. The molecule has 18 heavy (non-hydrogen) atoms. The Morgan fingerprint density at radius 2 is 2.17 bits per heavy atom. The monoisotopic (exact) mass is 308 g/mol. The topological polar surface area (TPSA) is 42.7 Å². The van der Waals surface area contributed by atoms with Crippen LogP contribution in [0.3, 0.4) is 0 Å². The molecule has 96 valence electrons. The van der Waals surface area contributed by atoms with E-state index in [2.05, 4.69) is 55.7 Å². The zero-order chi connectivity index (χ0) is 13.1. The second kappa shape index (κ2) is 5.52. The average molecular weight is 309 g/mol. The molecule has 0 amide bonds. The highest BCUT2D eigenvalue weighted by atomic mass is 79.9. The van der Waals surface area contributed by atoms with Gasteiger partial charge in [-0.3, -0.25) is 0 Å². The zero-order valence-corrected chi connectivity index (χ0v) is 12.4. The summed E-state index contributed by atoms with van der Waals surface area (Å²) in [6, 6.07) is 2.50. The van der Waals surface area contributed by atoms with E-state index in [1.54, 1.807) is 0 Å². The van der Waals surface area contributed by atoms with Crippen LogP contribution in [-0.2, 0) is 6.54 Å². The SMILES string of the molecule is Cc1cc(NCc2cncn2C(C)C)cnc1Br. The Morgan fingerprint density at radius 3 is 2.83 bits per heavy atom. The third-order valence-electron chi connectivity index (χ3n) is 2.79. The Balaban J connectivity index is 2.07. The molecule has 2 rings (SSSR count). The van der Waals surface area contributed by atoms with E-state index in [9.17, 15) is 0 Å². The maximum atomic E-state index is 4.27. The Labute approximate surface area is 116 Å². The zero-order valence-electron chi connectivity index (χ0n) is 10.8. The smallest absolute Gasteiger partial charge is 0.109 e. The lowest BCUT2D eigenvalue weighted by Crippen LogP contribution is -2.09. The van der Waals surface area contributed by atoms with Gasteiger partial charge < -0.3 is 9.88 Å². The molecule has 0 atom stereocenters. The maximum Gasteiger partial charge on any atom is 0.109 e. The van der Waals surface area contributed by atoms with Crippen LogP contribution < -0.4 is 5.32 Å². The van der Waals surface area contributed by atoms with Crippen LogP contribution in [0.2, 0.25) is 0 Å². The normalized spacial score (nSPS) is 10.9. The number of pyridine rings is 1. The number of rotatable bonds is 4. The van der Waals surface area contributed by atoms with Crippen LogP contribution in [0.5, 0.6) is 0 Å². The lowest BCUT2D eigenvalue weighted by molar-refractivity contribution is 0.577. The molecule has 0 saturated heterocycles. The number of nitrogens with zero attached hydrogens (tertiary/aromatic N) is 3. The second-order valence-electron chi connectivity index (χ2n) is 4.57. The first-order valence-electron chi connectivity index (χ1n) is 5.94. The van der Waals surface area contributed by atoms with Gasteiger partial charge in [-0.1, -0.05) is 0 Å². The molecule has 0 fully saturated rings. The molecular weight excluding hydrogens is 292 g/mol. The molecule has 5 heteroatoms. The van der Waals surface area contributed by atoms with Crippen molar-refractivity contribution in [3.05, 3.63) is 40.6 Å². The van der Waals surface area contributed by atoms with Crippen molar-refractivity contribution in [1.82, 2.24) is 14.5 Å². The summed E-state index contributed by atoms with van der Waals surface area (Å²) in [6.07, 6.45) is 5.59. The summed E-state index contributed by atoms with van der Waals surface area (Å²) in [7, 11) is 0. The van der Waals surface area contributed by atoms with E-state index in [1.807, 2.05) is 25.6 Å². The third-order valence-corrected chi connectivity index (χ3v) is 3.62. The summed E-state index contributed by atoms with van der Waals surface area (Å²) >= 11 is 3.40. The summed E-state index contributed by atoms with van der Waals surface area (Å²) in [6.45, 7) is 7.08. The van der Waals surface area contributed by atoms with Gasteiger partial charge in [-0.05, 0) is 48.3 Å². The summed E-state index contributed by atoms with van der Waals surface area (Å²) in [5.74, 6) is 0. The fourth-order valence-electron chi connectivity index (χ4n) is 1.78. The van der Waals surface area contributed by atoms with E-state index in [0.29, 0.717) is 6.04 Å². The van der Waals surface area contributed by atoms with Crippen molar-refractivity contribution in [2.45, 2.75) is 33.4 Å². The number of halogens is 1. The van der Waals surface area contributed by atoms with E-state index in [-0.39, 0.29) is 0 Å². The fourth-order valence-corrected chi connectivity index (χ4v) is 2.00. The Morgan fingerprint density at radius 1 is 1.39 bits per heavy atom. The molecule has 0 aliphatic rings. The highest BCUT2D eigenvalue weighted by Gasteiger charge is 2.05. The molecular formula is C13H17BrN4. The second-order valence-corrected chi connectivity index (χ2v) is 5.32. The van der Waals surface area contributed by atoms with E-state index < -0.39 is 0 Å². The molecule has 2 aromatic rings. The van der Waals surface area contributed by atoms with Crippen LogP contribution in [0.25, 0.3) is 0 Å². The van der Waals surface area contributed by atoms with Crippen LogP contribution in [0.1, 0.15) is 31.1 Å². The van der Waals surface area contributed by atoms with Crippen LogP contribution in [0, 0.1) is 6.92 Å². The van der Waals surface area contributed by atoms with Gasteiger partial charge >= 0.3 is 0 Å². The van der Waals surface area contributed by atoms with E-state index in [1.165, 1.54) is 5.69 Å². The van der Waals surface area contributed by atoms with Crippen LogP contribution in [0.15, 0.2) is 29.4 Å². The molecule has 0 bridgehead atoms. The van der Waals surface area contributed by atoms with Gasteiger partial charge in [-0.15, -0.1) is 0 Å². The Kier molecular flexibility index (Phi) is 4.01. The molecule has 0 aliphatic carbocycles. The first-order valence-corrected chi connectivity index (χ1v) is 6.74. The summed E-state index contributed by atoms with van der Waals surface area (Å²) in [5, 5.41) is 3.37. The molecule has 0 saturated carbocycles. The van der Waals surface area contributed by atoms with Crippen molar-refractivity contribution >= 4 is 21.6 Å². The Bertz CT molecular complexity index is 534. The molecule has 1 N–H and O–H groups in total. The number of anilines is 1. The Hall–Kier alpha value is -1.36. The standard InChI is InChI=1S/C13H17BrN4/c1-9(2)18-8-15-6-12(18)7-16-11-4-10(3)13(14)17-5-11/h4-6,8-9,16H,7H2,1-3H3. The van der Waals surface area contributed by atoms with Crippen molar-refractivity contribution in [3.8, 4) is 0 Å². The summed E-state index contributed by atoms with van der Waals surface area (Å²) in [4.78, 5) is 8.46. The number of hydrogen-bond donors (Lipinski definition) is 1. The maximum absolute atomic E-state index is 4.27. The minimum atomic E-state index is 0.425. The minimum Gasteiger partial charge on any atom is -0.378 e. The highest BCUT2D eigenvalue weighted by molar-refractivity contribution is 9.10. The van der Waals surface area contributed by atoms with Gasteiger partial charge in [0.2, 0.25) is 0 Å². The van der Waals surface area contributed by atoms with Gasteiger partial charge in [0, 0.05) is 12.2 Å². The van der Waals surface area contributed by atoms with E-state index in [0.717, 1.165) is 22.4 Å². The van der Waals surface area contributed by atoms with Gasteiger partial charge in [0.15, 0.2) is 0 Å². The van der Waals surface area contributed by atoms with Crippen LogP contribution >= 0.6 is 15.9 Å². The fraction of sp³-hybridized carbons (Fsp3) is 0.385. The van der Waals surface area contributed by atoms with Crippen molar-refractivity contribution < 1.29 is 0 Å². The predicted molar refractivity (Wildman–Crippen MR) is 76.6 cm³/mol. The number of aromatic nitrogens is 3. The first kappa shape index (κ1) is 13.1. The quantitative estimate of drug-likeness (QED) is 0.878. The van der Waals surface area contributed by atoms with Gasteiger partial charge in [-0.25, -0.2) is 9.97 Å². The minimum absolute atomic E-state index is 0.425. The van der Waals surface area contributed by atoms with Crippen molar-refractivity contribution in [2.75, 3.05) is 5.32 Å². The molecule has 2 aromatic heterocycles. The van der Waals surface area contributed by atoms with Crippen LogP contribution in [0.4, 0.5) is 5.69 Å². The highest BCUT2D eigenvalue weighted by Crippen LogP contribution is 2.17. The molecule has 4 nitrogen and oxygen atoms in total. The van der Waals surface area contributed by atoms with E-state index in [4.69, 9.17) is 0 Å². The number of imidazole rings is 1. The van der Waals surface area contributed by atoms with Gasteiger partial charge in [0.25, 0.3) is 0 Å². The largest absolute Gasteiger partial charge is 0.378 e. The first-order chi connectivity index (χ1) is 8.58. The lowest BCUT2D eigenvalue weighted by Gasteiger charge is -2.13. The molecule has 2 heterocycles. The average Bonchev–Trinajstić information content (AvgIpc) is 2.79. The van der Waals surface area contributed by atoms with Crippen LogP contribution in [-0.4, -0.2) is 14.5 Å². The molecule has 0 radical (unpaired) electrons. The van der Waals surface area contributed by atoms with Gasteiger partial charge in [0.05, 0.1) is 30.5 Å². The van der Waals surface area contributed by atoms with Crippen molar-refractivity contribution in [2.24, 2.45) is 0 Å². The lowest BCUT2D eigenvalue weighted by atomic mass is 10.3. The number of nitrogens with one attached hydrogen (secondary N) is 1. The molecule has 0 aromatic carbocycles. The van der Waals surface area contributed by atoms with Crippen molar-refractivity contribution in [1.29, 1.82) is 0 Å². The third kappa shape index (κ3) is 2.90. The molecule has 0 aliphatic heterocycles. The van der Waals surface area contributed by atoms with Crippen molar-refractivity contribution in [3.63, 3.8) is 0 Å². The summed E-state index contributed by atoms with van der Waals surface area (Å²) in [5.41, 5.74) is 3.31.